The second-order valence-corrected chi connectivity index (χ2v) is 4.87. The third kappa shape index (κ3) is 4.20. The van der Waals surface area contributed by atoms with E-state index in [1.54, 1.807) is 20.8 Å². The Balaban J connectivity index is 2.93. The van der Waals surface area contributed by atoms with Crippen LogP contribution in [0.1, 0.15) is 31.1 Å². The summed E-state index contributed by atoms with van der Waals surface area (Å²) >= 11 is 5.58. The van der Waals surface area contributed by atoms with Crippen LogP contribution in [0.3, 0.4) is 0 Å². The summed E-state index contributed by atoms with van der Waals surface area (Å²) in [6.45, 7) is 5.30. The summed E-state index contributed by atoms with van der Waals surface area (Å²) in [5, 5.41) is -0.0527. The molecule has 0 radical (unpaired) electrons. The highest BCUT2D eigenvalue weighted by atomic mass is 35.5. The maximum atomic E-state index is 13.4. The number of hydrogen-bond acceptors (Lipinski definition) is 3. The van der Waals surface area contributed by atoms with Crippen LogP contribution >= 0.6 is 11.6 Å². The summed E-state index contributed by atoms with van der Waals surface area (Å²) < 4.78 is 18.2. The van der Waals surface area contributed by atoms with Gasteiger partial charge in [0.15, 0.2) is 0 Å². The Morgan fingerprint density at radius 2 is 2.05 bits per heavy atom. The van der Waals surface area contributed by atoms with E-state index in [0.717, 1.165) is 6.07 Å². The molecule has 0 aromatic heterocycles. The van der Waals surface area contributed by atoms with Crippen LogP contribution in [-0.2, 0) is 9.53 Å². The number of rotatable bonds is 5. The van der Waals surface area contributed by atoms with Crippen molar-refractivity contribution in [2.45, 2.75) is 26.8 Å². The van der Waals surface area contributed by atoms with Gasteiger partial charge in [-0.3, -0.25) is 9.59 Å². The van der Waals surface area contributed by atoms with Gasteiger partial charge in [0.25, 0.3) is 5.91 Å². The van der Waals surface area contributed by atoms with Crippen molar-refractivity contribution in [3.63, 3.8) is 0 Å². The highest BCUT2D eigenvalue weighted by Crippen LogP contribution is 2.17. The number of amides is 1. The number of esters is 1. The number of carbonyl (C=O) groups is 2. The van der Waals surface area contributed by atoms with Crippen molar-refractivity contribution in [3.05, 3.63) is 34.6 Å². The molecule has 0 saturated heterocycles. The van der Waals surface area contributed by atoms with Gasteiger partial charge in [-0.1, -0.05) is 11.6 Å². The largest absolute Gasteiger partial charge is 0.465 e. The molecule has 20 heavy (non-hydrogen) atoms. The van der Waals surface area contributed by atoms with Gasteiger partial charge in [-0.25, -0.2) is 4.39 Å². The van der Waals surface area contributed by atoms with E-state index in [9.17, 15) is 14.0 Å². The molecule has 0 atom stereocenters. The molecule has 1 aromatic rings. The number of halogens is 2. The standard InChI is InChI=1S/C14H17ClFNO3/c1-4-20-13(18)8-17(9(2)3)14(19)10-5-6-11(15)12(16)7-10/h5-7,9H,4,8H2,1-3H3. The third-order valence-corrected chi connectivity index (χ3v) is 2.96. The molecule has 0 spiro atoms. The minimum atomic E-state index is -0.669. The number of nitrogens with zero attached hydrogens (tertiary/aromatic N) is 1. The van der Waals surface area contributed by atoms with E-state index in [2.05, 4.69) is 0 Å². The van der Waals surface area contributed by atoms with Crippen molar-refractivity contribution < 1.29 is 18.7 Å². The zero-order valence-electron chi connectivity index (χ0n) is 11.7. The van der Waals surface area contributed by atoms with Crippen LogP contribution in [-0.4, -0.2) is 36.0 Å². The molecule has 0 unspecified atom stereocenters. The molecule has 0 fully saturated rings. The highest BCUT2D eigenvalue weighted by Gasteiger charge is 2.22. The van der Waals surface area contributed by atoms with Crippen LogP contribution in [0.15, 0.2) is 18.2 Å². The number of ether oxygens (including phenoxy) is 1. The average Bonchev–Trinajstić information content (AvgIpc) is 2.38. The Labute approximate surface area is 122 Å². The normalized spacial score (nSPS) is 10.5. The molecule has 0 aliphatic rings. The SMILES string of the molecule is CCOC(=O)CN(C(=O)c1ccc(Cl)c(F)c1)C(C)C. The zero-order chi connectivity index (χ0) is 15.3. The molecule has 0 bridgehead atoms. The number of benzene rings is 1. The van der Waals surface area contributed by atoms with E-state index < -0.39 is 17.7 Å². The molecular formula is C14H17ClFNO3. The summed E-state index contributed by atoms with van der Waals surface area (Å²) in [4.78, 5) is 25.1. The van der Waals surface area contributed by atoms with Crippen LogP contribution < -0.4 is 0 Å². The van der Waals surface area contributed by atoms with Crippen LogP contribution in [0, 0.1) is 5.82 Å². The van der Waals surface area contributed by atoms with E-state index in [1.807, 2.05) is 0 Å². The minimum absolute atomic E-state index is 0.0527. The molecule has 0 N–H and O–H groups in total. The summed E-state index contributed by atoms with van der Waals surface area (Å²) in [5.74, 6) is -1.61. The molecule has 110 valence electrons. The van der Waals surface area contributed by atoms with Gasteiger partial charge in [0.2, 0.25) is 0 Å². The summed E-state index contributed by atoms with van der Waals surface area (Å²) in [6, 6.07) is 3.58. The molecule has 4 nitrogen and oxygen atoms in total. The van der Waals surface area contributed by atoms with Crippen molar-refractivity contribution in [1.29, 1.82) is 0 Å². The molecule has 0 saturated carbocycles. The van der Waals surface area contributed by atoms with Crippen molar-refractivity contribution >= 4 is 23.5 Å². The lowest BCUT2D eigenvalue weighted by Gasteiger charge is -2.25. The highest BCUT2D eigenvalue weighted by molar-refractivity contribution is 6.30. The van der Waals surface area contributed by atoms with E-state index in [1.165, 1.54) is 17.0 Å². The lowest BCUT2D eigenvalue weighted by atomic mass is 10.1. The molecule has 6 heteroatoms. The average molecular weight is 302 g/mol. The fourth-order valence-corrected chi connectivity index (χ4v) is 1.75. The molecule has 1 amide bonds. The van der Waals surface area contributed by atoms with Gasteiger partial charge < -0.3 is 9.64 Å². The Kier molecular flexibility index (Phi) is 5.95. The first-order valence-electron chi connectivity index (χ1n) is 6.28. The second-order valence-electron chi connectivity index (χ2n) is 4.46. The maximum Gasteiger partial charge on any atom is 0.325 e. The molecular weight excluding hydrogens is 285 g/mol. The topological polar surface area (TPSA) is 46.6 Å². The van der Waals surface area contributed by atoms with Gasteiger partial charge in [-0.2, -0.15) is 0 Å². The molecule has 1 rings (SSSR count). The van der Waals surface area contributed by atoms with Crippen LogP contribution in [0.5, 0.6) is 0 Å². The van der Waals surface area contributed by atoms with Crippen LogP contribution in [0.25, 0.3) is 0 Å². The molecule has 0 aliphatic carbocycles. The monoisotopic (exact) mass is 301 g/mol. The smallest absolute Gasteiger partial charge is 0.325 e. The van der Waals surface area contributed by atoms with Gasteiger partial charge in [-0.15, -0.1) is 0 Å². The third-order valence-electron chi connectivity index (χ3n) is 2.66. The Morgan fingerprint density at radius 3 is 2.55 bits per heavy atom. The van der Waals surface area contributed by atoms with Gasteiger partial charge >= 0.3 is 5.97 Å². The molecule has 0 heterocycles. The maximum absolute atomic E-state index is 13.4. The first kappa shape index (κ1) is 16.4. The van der Waals surface area contributed by atoms with Crippen molar-refractivity contribution in [3.8, 4) is 0 Å². The van der Waals surface area contributed by atoms with Crippen molar-refractivity contribution in [1.82, 2.24) is 4.90 Å². The fourth-order valence-electron chi connectivity index (χ4n) is 1.63. The lowest BCUT2D eigenvalue weighted by Crippen LogP contribution is -2.41. The van der Waals surface area contributed by atoms with Gasteiger partial charge in [0, 0.05) is 11.6 Å². The van der Waals surface area contributed by atoms with E-state index in [0.29, 0.717) is 0 Å². The van der Waals surface area contributed by atoms with E-state index >= 15 is 0 Å². The van der Waals surface area contributed by atoms with Gasteiger partial charge in [0.05, 0.1) is 11.6 Å². The number of carbonyl (C=O) groups excluding carboxylic acids is 2. The summed E-state index contributed by atoms with van der Waals surface area (Å²) in [7, 11) is 0. The van der Waals surface area contributed by atoms with Gasteiger partial charge in [-0.05, 0) is 39.0 Å². The Hall–Kier alpha value is -1.62. The molecule has 0 aliphatic heterocycles. The first-order chi connectivity index (χ1) is 9.36. The van der Waals surface area contributed by atoms with Gasteiger partial charge in [0.1, 0.15) is 12.4 Å². The van der Waals surface area contributed by atoms with Crippen molar-refractivity contribution in [2.75, 3.05) is 13.2 Å². The predicted octanol–water partition coefficient (Wildman–Crippen LogP) is 2.89. The fraction of sp³-hybridized carbons (Fsp3) is 0.429. The Morgan fingerprint density at radius 1 is 1.40 bits per heavy atom. The quantitative estimate of drug-likeness (QED) is 0.786. The molecule has 1 aromatic carbocycles. The summed E-state index contributed by atoms with van der Waals surface area (Å²) in [6.07, 6.45) is 0. The predicted molar refractivity (Wildman–Crippen MR) is 74.2 cm³/mol. The lowest BCUT2D eigenvalue weighted by molar-refractivity contribution is -0.144. The summed E-state index contributed by atoms with van der Waals surface area (Å²) in [5.41, 5.74) is 0.143. The van der Waals surface area contributed by atoms with Crippen molar-refractivity contribution in [2.24, 2.45) is 0 Å². The zero-order valence-corrected chi connectivity index (χ0v) is 12.4. The van der Waals surface area contributed by atoms with E-state index in [4.69, 9.17) is 16.3 Å². The van der Waals surface area contributed by atoms with Crippen LogP contribution in [0.2, 0.25) is 5.02 Å². The Bertz CT molecular complexity index is 505. The second kappa shape index (κ2) is 7.24. The minimum Gasteiger partial charge on any atom is -0.465 e. The number of hydrogen-bond donors (Lipinski definition) is 0. The van der Waals surface area contributed by atoms with Crippen LogP contribution in [0.4, 0.5) is 4.39 Å². The van der Waals surface area contributed by atoms with E-state index in [-0.39, 0.29) is 29.8 Å². The first-order valence-corrected chi connectivity index (χ1v) is 6.66.